The molecule has 0 aromatic heterocycles. The van der Waals surface area contributed by atoms with Gasteiger partial charge < -0.3 is 10.2 Å². The minimum Gasteiger partial charge on any atom is -0.355 e. The summed E-state index contributed by atoms with van der Waals surface area (Å²) in [5, 5.41) is 3.65. The maximum Gasteiger partial charge on any atom is 0.242 e. The lowest BCUT2D eigenvalue weighted by Gasteiger charge is -2.30. The van der Waals surface area contributed by atoms with Gasteiger partial charge in [0.15, 0.2) is 0 Å². The number of carbonyl (C=O) groups excluding carboxylic acids is 2. The maximum atomic E-state index is 13.2. The maximum absolute atomic E-state index is 13.2. The molecular weight excluding hydrogens is 402 g/mol. The Morgan fingerprint density at radius 3 is 2.36 bits per heavy atom. The fourth-order valence-electron chi connectivity index (χ4n) is 2.93. The molecule has 0 fully saturated rings. The molecular formula is C21H23Cl2FN2O2. The SMILES string of the molecule is CCNC(=O)[C@H](CC)N(Cc1ccc(F)cc1)C(=O)Cc1ccc(Cl)cc1Cl. The number of amides is 2. The molecule has 150 valence electrons. The van der Waals surface area contributed by atoms with E-state index in [1.807, 2.05) is 13.8 Å². The van der Waals surface area contributed by atoms with Gasteiger partial charge in [-0.15, -0.1) is 0 Å². The van der Waals surface area contributed by atoms with Crippen LogP contribution < -0.4 is 5.32 Å². The van der Waals surface area contributed by atoms with Gasteiger partial charge in [0.2, 0.25) is 11.8 Å². The van der Waals surface area contributed by atoms with E-state index in [1.165, 1.54) is 17.0 Å². The van der Waals surface area contributed by atoms with Gasteiger partial charge >= 0.3 is 0 Å². The summed E-state index contributed by atoms with van der Waals surface area (Å²) in [5.41, 5.74) is 1.37. The number of benzene rings is 2. The lowest BCUT2D eigenvalue weighted by atomic mass is 10.1. The molecule has 0 saturated carbocycles. The number of halogens is 3. The van der Waals surface area contributed by atoms with Crippen LogP contribution in [0.4, 0.5) is 4.39 Å². The van der Waals surface area contributed by atoms with Crippen LogP contribution in [0.25, 0.3) is 0 Å². The van der Waals surface area contributed by atoms with Crippen LogP contribution in [0.15, 0.2) is 42.5 Å². The predicted molar refractivity (Wildman–Crippen MR) is 110 cm³/mol. The Labute approximate surface area is 174 Å². The summed E-state index contributed by atoms with van der Waals surface area (Å²) in [6.07, 6.45) is 0.486. The first-order valence-electron chi connectivity index (χ1n) is 9.11. The topological polar surface area (TPSA) is 49.4 Å². The first-order chi connectivity index (χ1) is 13.3. The number of carbonyl (C=O) groups is 2. The molecule has 1 atom stereocenters. The molecule has 2 aromatic carbocycles. The molecule has 0 saturated heterocycles. The molecule has 0 aliphatic heterocycles. The van der Waals surface area contributed by atoms with E-state index in [0.29, 0.717) is 28.6 Å². The summed E-state index contributed by atoms with van der Waals surface area (Å²) in [7, 11) is 0. The van der Waals surface area contributed by atoms with Crippen LogP contribution in [-0.2, 0) is 22.6 Å². The smallest absolute Gasteiger partial charge is 0.242 e. The third-order valence-corrected chi connectivity index (χ3v) is 4.95. The average molecular weight is 425 g/mol. The second-order valence-electron chi connectivity index (χ2n) is 6.38. The molecule has 2 aromatic rings. The third kappa shape index (κ3) is 5.94. The molecule has 0 bridgehead atoms. The molecule has 2 amide bonds. The van der Waals surface area contributed by atoms with Gasteiger partial charge in [0.05, 0.1) is 6.42 Å². The largest absolute Gasteiger partial charge is 0.355 e. The van der Waals surface area contributed by atoms with Crippen LogP contribution in [0.3, 0.4) is 0 Å². The number of hydrogen-bond donors (Lipinski definition) is 1. The highest BCUT2D eigenvalue weighted by molar-refractivity contribution is 6.35. The van der Waals surface area contributed by atoms with Crippen LogP contribution in [0.5, 0.6) is 0 Å². The van der Waals surface area contributed by atoms with Crippen molar-refractivity contribution < 1.29 is 14.0 Å². The van der Waals surface area contributed by atoms with Crippen LogP contribution in [-0.4, -0.2) is 29.3 Å². The van der Waals surface area contributed by atoms with E-state index in [2.05, 4.69) is 5.32 Å². The minimum atomic E-state index is -0.636. The van der Waals surface area contributed by atoms with Crippen molar-refractivity contribution in [3.05, 3.63) is 69.5 Å². The molecule has 4 nitrogen and oxygen atoms in total. The molecule has 0 spiro atoms. The van der Waals surface area contributed by atoms with Crippen molar-refractivity contribution in [2.75, 3.05) is 6.54 Å². The molecule has 0 aliphatic rings. The lowest BCUT2D eigenvalue weighted by molar-refractivity contribution is -0.140. The third-order valence-electron chi connectivity index (χ3n) is 4.36. The zero-order valence-corrected chi connectivity index (χ0v) is 17.4. The Bertz CT molecular complexity index is 828. The van der Waals surface area contributed by atoms with Gasteiger partial charge in [0, 0.05) is 23.1 Å². The highest BCUT2D eigenvalue weighted by atomic mass is 35.5. The van der Waals surface area contributed by atoms with Crippen molar-refractivity contribution in [1.82, 2.24) is 10.2 Å². The van der Waals surface area contributed by atoms with Crippen LogP contribution >= 0.6 is 23.2 Å². The first-order valence-corrected chi connectivity index (χ1v) is 9.86. The summed E-state index contributed by atoms with van der Waals surface area (Å²) in [5.74, 6) is -0.820. The minimum absolute atomic E-state index is 0.0348. The molecule has 0 aliphatic carbocycles. The zero-order valence-electron chi connectivity index (χ0n) is 15.8. The van der Waals surface area contributed by atoms with E-state index in [4.69, 9.17) is 23.2 Å². The zero-order chi connectivity index (χ0) is 20.7. The first kappa shape index (κ1) is 22.2. The monoisotopic (exact) mass is 424 g/mol. The summed E-state index contributed by atoms with van der Waals surface area (Å²) < 4.78 is 13.2. The van der Waals surface area contributed by atoms with Gasteiger partial charge in [-0.05, 0) is 48.7 Å². The molecule has 2 rings (SSSR count). The number of nitrogens with one attached hydrogen (secondary N) is 1. The van der Waals surface area contributed by atoms with Gasteiger partial charge in [-0.1, -0.05) is 48.3 Å². The van der Waals surface area contributed by atoms with Gasteiger partial charge in [-0.25, -0.2) is 4.39 Å². The lowest BCUT2D eigenvalue weighted by Crippen LogP contribution is -2.49. The Morgan fingerprint density at radius 2 is 1.79 bits per heavy atom. The van der Waals surface area contributed by atoms with Gasteiger partial charge in [0.25, 0.3) is 0 Å². The van der Waals surface area contributed by atoms with Crippen molar-refractivity contribution in [2.45, 2.75) is 39.3 Å². The standard InChI is InChI=1S/C21H23Cl2FN2O2/c1-3-19(21(28)25-4-2)26(13-14-5-9-17(24)10-6-14)20(27)11-15-7-8-16(22)12-18(15)23/h5-10,12,19H,3-4,11,13H2,1-2H3,(H,25,28)/t19-/m0/s1. The number of hydrogen-bond acceptors (Lipinski definition) is 2. The predicted octanol–water partition coefficient (Wildman–Crippen LogP) is 4.62. The van der Waals surface area contributed by atoms with Gasteiger partial charge in [0.1, 0.15) is 11.9 Å². The van der Waals surface area contributed by atoms with Crippen molar-refractivity contribution in [3.8, 4) is 0 Å². The van der Waals surface area contributed by atoms with Crippen LogP contribution in [0.2, 0.25) is 10.0 Å². The van der Waals surface area contributed by atoms with Crippen LogP contribution in [0, 0.1) is 5.82 Å². The quantitative estimate of drug-likeness (QED) is 0.671. The molecule has 1 N–H and O–H groups in total. The number of nitrogens with zero attached hydrogens (tertiary/aromatic N) is 1. The van der Waals surface area contributed by atoms with Crippen molar-refractivity contribution >= 4 is 35.0 Å². The second-order valence-corrected chi connectivity index (χ2v) is 7.22. The Morgan fingerprint density at radius 1 is 1.11 bits per heavy atom. The highest BCUT2D eigenvalue weighted by Crippen LogP contribution is 2.23. The van der Waals surface area contributed by atoms with E-state index in [-0.39, 0.29) is 30.6 Å². The molecule has 0 unspecified atom stereocenters. The Balaban J connectivity index is 2.30. The molecule has 28 heavy (non-hydrogen) atoms. The summed E-state index contributed by atoms with van der Waals surface area (Å²) >= 11 is 12.1. The van der Waals surface area contributed by atoms with E-state index >= 15 is 0 Å². The molecule has 0 heterocycles. The number of likely N-dealkylation sites (N-methyl/N-ethyl adjacent to an activating group) is 1. The second kappa shape index (κ2) is 10.4. The van der Waals surface area contributed by atoms with Crippen molar-refractivity contribution in [2.24, 2.45) is 0 Å². The Kier molecular flexibility index (Phi) is 8.27. The summed E-state index contributed by atoms with van der Waals surface area (Å²) in [4.78, 5) is 27.1. The summed E-state index contributed by atoms with van der Waals surface area (Å²) in [6.45, 7) is 4.33. The van der Waals surface area contributed by atoms with E-state index in [0.717, 1.165) is 5.56 Å². The average Bonchev–Trinajstić information content (AvgIpc) is 2.65. The van der Waals surface area contributed by atoms with Crippen molar-refractivity contribution in [3.63, 3.8) is 0 Å². The van der Waals surface area contributed by atoms with E-state index < -0.39 is 6.04 Å². The number of rotatable bonds is 8. The van der Waals surface area contributed by atoms with E-state index in [1.54, 1.807) is 30.3 Å². The molecule has 7 heteroatoms. The van der Waals surface area contributed by atoms with Crippen molar-refractivity contribution in [1.29, 1.82) is 0 Å². The highest BCUT2D eigenvalue weighted by Gasteiger charge is 2.28. The van der Waals surface area contributed by atoms with Gasteiger partial charge in [-0.3, -0.25) is 9.59 Å². The van der Waals surface area contributed by atoms with E-state index in [9.17, 15) is 14.0 Å². The normalized spacial score (nSPS) is 11.8. The fourth-order valence-corrected chi connectivity index (χ4v) is 3.40. The Hall–Kier alpha value is -2.11. The molecule has 0 radical (unpaired) electrons. The fraction of sp³-hybridized carbons (Fsp3) is 0.333. The summed E-state index contributed by atoms with van der Waals surface area (Å²) in [6, 6.07) is 10.2. The van der Waals surface area contributed by atoms with Crippen LogP contribution in [0.1, 0.15) is 31.4 Å². The van der Waals surface area contributed by atoms with Gasteiger partial charge in [-0.2, -0.15) is 0 Å².